The molecule has 6 nitrogen and oxygen atoms in total. The van der Waals surface area contributed by atoms with Crippen molar-refractivity contribution in [3.8, 4) is 11.5 Å². The van der Waals surface area contributed by atoms with Crippen molar-refractivity contribution < 1.29 is 19.0 Å². The molecule has 0 aliphatic carbocycles. The molecule has 6 heteroatoms. The summed E-state index contributed by atoms with van der Waals surface area (Å²) in [6.07, 6.45) is 2.75. The number of rotatable bonds is 7. The molecule has 2 aromatic carbocycles. The van der Waals surface area contributed by atoms with E-state index in [0.29, 0.717) is 36.9 Å². The van der Waals surface area contributed by atoms with E-state index in [4.69, 9.17) is 14.2 Å². The number of nitrogens with zero attached hydrogens (tertiary/aromatic N) is 1. The van der Waals surface area contributed by atoms with Crippen molar-refractivity contribution in [1.29, 1.82) is 0 Å². The third kappa shape index (κ3) is 5.33. The molecule has 0 saturated carbocycles. The summed E-state index contributed by atoms with van der Waals surface area (Å²) in [5, 5.41) is 3.36. The molecule has 1 spiro atoms. The number of piperidine rings is 1. The minimum absolute atomic E-state index is 0.0418. The number of hydrogen-bond donors (Lipinski definition) is 1. The van der Waals surface area contributed by atoms with E-state index < -0.39 is 0 Å². The number of likely N-dealkylation sites (tertiary alicyclic amines) is 1. The van der Waals surface area contributed by atoms with Gasteiger partial charge in [-0.15, -0.1) is 0 Å². The van der Waals surface area contributed by atoms with Crippen LogP contribution in [0.1, 0.15) is 68.8 Å². The zero-order valence-corrected chi connectivity index (χ0v) is 21.1. The molecule has 1 fully saturated rings. The number of anilines is 1. The Kier molecular flexibility index (Phi) is 7.36. The van der Waals surface area contributed by atoms with E-state index in [1.165, 1.54) is 5.56 Å². The van der Waals surface area contributed by atoms with Crippen molar-refractivity contribution in [2.24, 2.45) is 0 Å². The summed E-state index contributed by atoms with van der Waals surface area (Å²) in [6, 6.07) is 14.2. The third-order valence-electron chi connectivity index (χ3n) is 6.79. The molecular weight excluding hydrogens is 428 g/mol. The minimum Gasteiger partial charge on any atom is -0.495 e. The van der Waals surface area contributed by atoms with E-state index in [-0.39, 0.29) is 23.7 Å². The molecule has 1 atom stereocenters. The summed E-state index contributed by atoms with van der Waals surface area (Å²) in [5.74, 6) is 2.00. The van der Waals surface area contributed by atoms with Gasteiger partial charge < -0.3 is 24.4 Å². The molecule has 1 N–H and O–H groups in total. The number of hydrogen-bond acceptors (Lipinski definition) is 5. The van der Waals surface area contributed by atoms with Crippen LogP contribution < -0.4 is 14.8 Å². The van der Waals surface area contributed by atoms with E-state index >= 15 is 0 Å². The van der Waals surface area contributed by atoms with Crippen LogP contribution in [0.5, 0.6) is 11.5 Å². The second-order valence-corrected chi connectivity index (χ2v) is 10.1. The monoisotopic (exact) mass is 466 g/mol. The molecule has 0 aromatic heterocycles. The highest BCUT2D eigenvalue weighted by Gasteiger charge is 2.44. The first kappa shape index (κ1) is 24.4. The fourth-order valence-corrected chi connectivity index (χ4v) is 5.06. The van der Waals surface area contributed by atoms with Crippen LogP contribution in [0.2, 0.25) is 0 Å². The first-order chi connectivity index (χ1) is 16.3. The summed E-state index contributed by atoms with van der Waals surface area (Å²) >= 11 is 0. The normalized spacial score (nSPS) is 19.1. The Morgan fingerprint density at radius 1 is 1.15 bits per heavy atom. The second-order valence-electron chi connectivity index (χ2n) is 10.1. The van der Waals surface area contributed by atoms with E-state index in [2.05, 4.69) is 51.2 Å². The Balaban J connectivity index is 1.46. The predicted octanol–water partition coefficient (Wildman–Crippen LogP) is 5.48. The van der Waals surface area contributed by atoms with Gasteiger partial charge in [0.2, 0.25) is 0 Å². The minimum atomic E-state index is -0.251. The molecule has 1 amide bonds. The number of fused-ring (bicyclic) bond motifs is 1. The summed E-state index contributed by atoms with van der Waals surface area (Å²) < 4.78 is 18.1. The quantitative estimate of drug-likeness (QED) is 0.585. The van der Waals surface area contributed by atoms with Gasteiger partial charge in [0.25, 0.3) is 5.91 Å². The number of nitrogens with one attached hydrogen (secondary N) is 1. The molecular formula is C28H38N2O4. The zero-order chi connectivity index (χ0) is 24.3. The average Bonchev–Trinajstić information content (AvgIpc) is 2.82. The van der Waals surface area contributed by atoms with Gasteiger partial charge in [-0.2, -0.15) is 0 Å². The maximum Gasteiger partial charge on any atom is 0.253 e. The van der Waals surface area contributed by atoms with Gasteiger partial charge in [0.05, 0.1) is 25.5 Å². The maximum atomic E-state index is 13.3. The van der Waals surface area contributed by atoms with Crippen LogP contribution in [0.15, 0.2) is 42.5 Å². The number of benzene rings is 2. The number of para-hydroxylation sites is 1. The highest BCUT2D eigenvalue weighted by atomic mass is 16.5. The number of methoxy groups -OCH3 is 1. The molecule has 2 aliphatic rings. The lowest BCUT2D eigenvalue weighted by Crippen LogP contribution is -2.52. The van der Waals surface area contributed by atoms with Crippen molar-refractivity contribution in [3.05, 3.63) is 53.6 Å². The van der Waals surface area contributed by atoms with Gasteiger partial charge >= 0.3 is 0 Å². The van der Waals surface area contributed by atoms with Crippen molar-refractivity contribution in [2.45, 2.75) is 70.6 Å². The lowest BCUT2D eigenvalue weighted by Gasteiger charge is -2.47. The summed E-state index contributed by atoms with van der Waals surface area (Å²) in [5.41, 5.74) is 2.53. The molecule has 34 heavy (non-hydrogen) atoms. The lowest BCUT2D eigenvalue weighted by molar-refractivity contribution is -0.0325. The van der Waals surface area contributed by atoms with Crippen molar-refractivity contribution in [3.63, 3.8) is 0 Å². The van der Waals surface area contributed by atoms with Crippen molar-refractivity contribution >= 4 is 11.6 Å². The lowest BCUT2D eigenvalue weighted by atomic mass is 9.77. The SMILES string of the molecule is COc1cc(C(=O)N2CCC3(CC2)CC(COC(C)C)c2ccccc2O3)ccc1NC(C)C. The van der Waals surface area contributed by atoms with Gasteiger partial charge in [0, 0.05) is 43.5 Å². The van der Waals surface area contributed by atoms with Gasteiger partial charge in [-0.05, 0) is 63.9 Å². The standard InChI is InChI=1S/C28H38N2O4/c1-19(2)29-24-11-10-21(16-26(24)32-5)27(31)30-14-12-28(13-15-30)17-22(18-33-20(3)4)23-8-6-7-9-25(23)34-28/h6-11,16,19-20,22,29H,12-15,17-18H2,1-5H3. The Morgan fingerprint density at radius 3 is 2.56 bits per heavy atom. The maximum absolute atomic E-state index is 13.3. The fourth-order valence-electron chi connectivity index (χ4n) is 5.06. The Bertz CT molecular complexity index is 996. The Morgan fingerprint density at radius 2 is 1.88 bits per heavy atom. The first-order valence-electron chi connectivity index (χ1n) is 12.4. The van der Waals surface area contributed by atoms with Crippen LogP contribution in [-0.4, -0.2) is 55.4 Å². The topological polar surface area (TPSA) is 60.0 Å². The van der Waals surface area contributed by atoms with Crippen LogP contribution in [0.3, 0.4) is 0 Å². The third-order valence-corrected chi connectivity index (χ3v) is 6.79. The molecule has 2 aliphatic heterocycles. The molecule has 2 aromatic rings. The second kappa shape index (κ2) is 10.3. The van der Waals surface area contributed by atoms with Crippen LogP contribution in [0.4, 0.5) is 5.69 Å². The number of ether oxygens (including phenoxy) is 3. The van der Waals surface area contributed by atoms with Crippen molar-refractivity contribution in [2.75, 3.05) is 32.1 Å². The Labute approximate surface area is 203 Å². The smallest absolute Gasteiger partial charge is 0.253 e. The van der Waals surface area contributed by atoms with Gasteiger partial charge in [-0.3, -0.25) is 4.79 Å². The Hall–Kier alpha value is -2.73. The largest absolute Gasteiger partial charge is 0.495 e. The van der Waals surface area contributed by atoms with Crippen molar-refractivity contribution in [1.82, 2.24) is 4.90 Å². The van der Waals surface area contributed by atoms with Crippen LogP contribution in [0, 0.1) is 0 Å². The van der Waals surface area contributed by atoms with Gasteiger partial charge in [-0.1, -0.05) is 18.2 Å². The highest BCUT2D eigenvalue weighted by molar-refractivity contribution is 5.95. The van der Waals surface area contributed by atoms with Gasteiger partial charge in [0.15, 0.2) is 0 Å². The molecule has 0 radical (unpaired) electrons. The van der Waals surface area contributed by atoms with Gasteiger partial charge in [-0.25, -0.2) is 0 Å². The van der Waals surface area contributed by atoms with Crippen LogP contribution in [0.25, 0.3) is 0 Å². The summed E-state index contributed by atoms with van der Waals surface area (Å²) in [6.45, 7) is 10.3. The van der Waals surface area contributed by atoms with E-state index in [1.54, 1.807) is 7.11 Å². The predicted molar refractivity (Wildman–Crippen MR) is 135 cm³/mol. The molecule has 0 bridgehead atoms. The van der Waals surface area contributed by atoms with Gasteiger partial charge in [0.1, 0.15) is 17.1 Å². The molecule has 4 rings (SSSR count). The fraction of sp³-hybridized carbons (Fsp3) is 0.536. The molecule has 184 valence electrons. The van der Waals surface area contributed by atoms with E-state index in [1.807, 2.05) is 29.2 Å². The molecule has 1 saturated heterocycles. The molecule has 2 heterocycles. The average molecular weight is 467 g/mol. The number of amides is 1. The van der Waals surface area contributed by atoms with E-state index in [9.17, 15) is 4.79 Å². The van der Waals surface area contributed by atoms with Crippen LogP contribution in [-0.2, 0) is 4.74 Å². The summed E-state index contributed by atoms with van der Waals surface area (Å²) in [4.78, 5) is 15.2. The number of carbonyl (C=O) groups is 1. The molecule has 1 unspecified atom stereocenters. The zero-order valence-electron chi connectivity index (χ0n) is 21.1. The van der Waals surface area contributed by atoms with Crippen LogP contribution >= 0.6 is 0 Å². The number of carbonyl (C=O) groups excluding carboxylic acids is 1. The highest BCUT2D eigenvalue weighted by Crippen LogP contribution is 2.45. The summed E-state index contributed by atoms with van der Waals surface area (Å²) in [7, 11) is 1.64. The first-order valence-corrected chi connectivity index (χ1v) is 12.4. The van der Waals surface area contributed by atoms with E-state index in [0.717, 1.165) is 30.7 Å².